The second kappa shape index (κ2) is 10.1. The zero-order valence-corrected chi connectivity index (χ0v) is 20.9. The van der Waals surface area contributed by atoms with Crippen LogP contribution in [-0.2, 0) is 27.7 Å². The smallest absolute Gasteiger partial charge is 0.243 e. The van der Waals surface area contributed by atoms with Gasteiger partial charge in [-0.2, -0.15) is 5.26 Å². The molecule has 2 unspecified atom stereocenters. The molecule has 4 N–H and O–H groups in total. The van der Waals surface area contributed by atoms with Crippen LogP contribution in [0.1, 0.15) is 42.5 Å². The lowest BCUT2D eigenvalue weighted by molar-refractivity contribution is -0.117. The summed E-state index contributed by atoms with van der Waals surface area (Å²) >= 11 is 1.37. The number of thiophene rings is 1. The second-order valence-electron chi connectivity index (χ2n) is 9.39. The number of nitrogens with one attached hydrogen (secondary N) is 4. The number of nitrogens with zero attached hydrogens (tertiary/aromatic N) is 1. The highest BCUT2D eigenvalue weighted by atomic mass is 32.2. The molecule has 1 aromatic carbocycles. The van der Waals surface area contributed by atoms with Crippen molar-refractivity contribution >= 4 is 32.3 Å². The number of fused-ring (bicyclic) bond motifs is 1. The quantitative estimate of drug-likeness (QED) is 0.205. The molecule has 0 bridgehead atoms. The third kappa shape index (κ3) is 5.95. The molecule has 0 radical (unpaired) electrons. The number of sulfonamides is 1. The van der Waals surface area contributed by atoms with Crippen molar-refractivity contribution in [2.24, 2.45) is 11.8 Å². The molecule has 3 aliphatic rings. The summed E-state index contributed by atoms with van der Waals surface area (Å²) in [6.45, 7) is 0.420. The number of carbonyl (C=O) groups is 1. The molecule has 1 aromatic heterocycles. The number of ether oxygens (including phenoxy) is 1. The van der Waals surface area contributed by atoms with E-state index in [9.17, 15) is 18.5 Å². The Hall–Kier alpha value is -2.65. The van der Waals surface area contributed by atoms with Crippen LogP contribution in [0.15, 0.2) is 35.2 Å². The number of carbonyl (C=O) groups excluding carboxylic acids is 1. The number of nitriles is 1. The topological polar surface area (TPSA) is 132 Å². The maximum Gasteiger partial charge on any atom is 0.243 e. The largest absolute Gasteiger partial charge is 0.457 e. The molecule has 1 heterocycles. The lowest BCUT2D eigenvalue weighted by atomic mass is 9.94. The zero-order chi connectivity index (χ0) is 24.4. The van der Waals surface area contributed by atoms with Crippen molar-refractivity contribution in [1.29, 1.82) is 5.26 Å². The Morgan fingerprint density at radius 2 is 1.94 bits per heavy atom. The Kier molecular flexibility index (Phi) is 6.98. The van der Waals surface area contributed by atoms with Gasteiger partial charge in [0.2, 0.25) is 22.3 Å². The molecule has 0 saturated heterocycles. The Morgan fingerprint density at radius 3 is 2.63 bits per heavy atom. The van der Waals surface area contributed by atoms with Crippen LogP contribution in [0, 0.1) is 23.3 Å². The monoisotopic (exact) mass is 515 g/mol. The van der Waals surface area contributed by atoms with E-state index in [-0.39, 0.29) is 22.8 Å². The molecule has 9 nitrogen and oxygen atoms in total. The number of rotatable bonds is 11. The summed E-state index contributed by atoms with van der Waals surface area (Å²) in [5.74, 6) is 0.876. The van der Waals surface area contributed by atoms with Gasteiger partial charge in [0, 0.05) is 23.4 Å². The van der Waals surface area contributed by atoms with Crippen molar-refractivity contribution in [3.05, 3.63) is 40.8 Å². The van der Waals surface area contributed by atoms with Crippen LogP contribution >= 0.6 is 11.3 Å². The number of anilines is 1. The van der Waals surface area contributed by atoms with E-state index in [0.29, 0.717) is 36.1 Å². The molecular formula is C24H29N5O4S2. The predicted octanol–water partition coefficient (Wildman–Crippen LogP) is 2.67. The van der Waals surface area contributed by atoms with Gasteiger partial charge in [-0.05, 0) is 68.6 Å². The normalized spacial score (nSPS) is 20.4. The maximum atomic E-state index is 13.4. The lowest BCUT2D eigenvalue weighted by Gasteiger charge is -2.28. The van der Waals surface area contributed by atoms with E-state index < -0.39 is 16.4 Å². The van der Waals surface area contributed by atoms with Gasteiger partial charge in [-0.3, -0.25) is 15.4 Å². The van der Waals surface area contributed by atoms with E-state index in [4.69, 9.17) is 4.74 Å². The summed E-state index contributed by atoms with van der Waals surface area (Å²) in [7, 11) is -3.79. The summed E-state index contributed by atoms with van der Waals surface area (Å²) in [5.41, 5.74) is 0.739. The van der Waals surface area contributed by atoms with E-state index >= 15 is 0 Å². The SMILES string of the molecule is N#CNC(NC1CCc2sc(NC(=O)C3CC3)c(S(=O)(=O)NCC3CC3)c2C1)Oc1ccccc1. The predicted molar refractivity (Wildman–Crippen MR) is 132 cm³/mol. The molecule has 0 spiro atoms. The third-order valence-electron chi connectivity index (χ3n) is 6.50. The molecule has 35 heavy (non-hydrogen) atoms. The first-order valence-corrected chi connectivity index (χ1v) is 14.3. The van der Waals surface area contributed by atoms with Gasteiger partial charge in [0.05, 0.1) is 0 Å². The van der Waals surface area contributed by atoms with Gasteiger partial charge in [0.15, 0.2) is 6.19 Å². The summed E-state index contributed by atoms with van der Waals surface area (Å²) in [5, 5.41) is 18.5. The molecule has 2 atom stereocenters. The van der Waals surface area contributed by atoms with Gasteiger partial charge < -0.3 is 10.1 Å². The summed E-state index contributed by atoms with van der Waals surface area (Å²) < 4.78 is 35.4. The fourth-order valence-corrected chi connectivity index (χ4v) is 7.35. The first kappa shape index (κ1) is 24.1. The highest BCUT2D eigenvalue weighted by molar-refractivity contribution is 7.90. The van der Waals surface area contributed by atoms with Gasteiger partial charge >= 0.3 is 0 Å². The number of para-hydroxylation sites is 1. The molecule has 3 aliphatic carbocycles. The lowest BCUT2D eigenvalue weighted by Crippen LogP contribution is -2.51. The van der Waals surface area contributed by atoms with Gasteiger partial charge in [-0.25, -0.2) is 13.1 Å². The Balaban J connectivity index is 1.37. The Labute approximate surface area is 209 Å². The maximum absolute atomic E-state index is 13.4. The van der Waals surface area contributed by atoms with Crippen LogP contribution in [0.25, 0.3) is 0 Å². The van der Waals surface area contributed by atoms with Gasteiger partial charge in [0.25, 0.3) is 0 Å². The number of benzene rings is 1. The van der Waals surface area contributed by atoms with Crippen molar-refractivity contribution in [2.45, 2.75) is 62.2 Å². The van der Waals surface area contributed by atoms with Gasteiger partial charge in [-0.15, -0.1) is 11.3 Å². The molecule has 2 saturated carbocycles. The average Bonchev–Trinajstić information content (AvgIpc) is 3.75. The van der Waals surface area contributed by atoms with Crippen molar-refractivity contribution in [1.82, 2.24) is 15.4 Å². The van der Waals surface area contributed by atoms with Crippen molar-refractivity contribution in [3.8, 4) is 11.9 Å². The van der Waals surface area contributed by atoms with E-state index in [2.05, 4.69) is 20.7 Å². The van der Waals surface area contributed by atoms with Crippen LogP contribution in [0.2, 0.25) is 0 Å². The second-order valence-corrected chi connectivity index (χ2v) is 12.2. The highest BCUT2D eigenvalue weighted by Gasteiger charge is 2.37. The van der Waals surface area contributed by atoms with Crippen LogP contribution in [0.5, 0.6) is 5.75 Å². The average molecular weight is 516 g/mol. The Morgan fingerprint density at radius 1 is 1.17 bits per heavy atom. The standard InChI is InChI=1S/C24H29N5O4S2/c25-14-26-24(33-18-4-2-1-3-5-18)28-17-10-11-20-19(12-17)21(35(31,32)27-13-15-6-7-15)23(34-20)29-22(30)16-8-9-16/h1-5,15-17,24,26-28H,6-13H2,(H,29,30). The molecule has 0 aliphatic heterocycles. The van der Waals surface area contributed by atoms with Crippen LogP contribution < -0.4 is 25.4 Å². The van der Waals surface area contributed by atoms with Crippen molar-refractivity contribution in [2.75, 3.05) is 11.9 Å². The molecule has 1 amide bonds. The number of amides is 1. The van der Waals surface area contributed by atoms with Crippen LogP contribution in [0.3, 0.4) is 0 Å². The minimum Gasteiger partial charge on any atom is -0.457 e. The molecular weight excluding hydrogens is 486 g/mol. The summed E-state index contributed by atoms with van der Waals surface area (Å²) in [6, 6.07) is 9.06. The van der Waals surface area contributed by atoms with E-state index in [1.54, 1.807) is 12.1 Å². The first-order chi connectivity index (χ1) is 16.9. The molecule has 2 aromatic rings. The zero-order valence-electron chi connectivity index (χ0n) is 19.2. The van der Waals surface area contributed by atoms with Crippen LogP contribution in [-0.4, -0.2) is 33.3 Å². The van der Waals surface area contributed by atoms with E-state index in [0.717, 1.165) is 42.5 Å². The molecule has 5 rings (SSSR count). The van der Waals surface area contributed by atoms with Crippen molar-refractivity contribution < 1.29 is 17.9 Å². The van der Waals surface area contributed by atoms with Gasteiger partial charge in [-0.1, -0.05) is 18.2 Å². The minimum absolute atomic E-state index is 0.0218. The van der Waals surface area contributed by atoms with E-state index in [1.807, 2.05) is 24.4 Å². The summed E-state index contributed by atoms with van der Waals surface area (Å²) in [6.07, 6.45) is 6.81. The fourth-order valence-electron chi connectivity index (χ4n) is 4.26. The number of hydrogen-bond acceptors (Lipinski definition) is 8. The van der Waals surface area contributed by atoms with Crippen molar-refractivity contribution in [3.63, 3.8) is 0 Å². The molecule has 2 fully saturated rings. The number of hydrogen-bond donors (Lipinski definition) is 4. The molecule has 11 heteroatoms. The van der Waals surface area contributed by atoms with Gasteiger partial charge in [0.1, 0.15) is 15.6 Å². The van der Waals surface area contributed by atoms with E-state index in [1.165, 1.54) is 11.3 Å². The number of aryl methyl sites for hydroxylation is 1. The summed E-state index contributed by atoms with van der Waals surface area (Å²) in [4.78, 5) is 13.7. The third-order valence-corrected chi connectivity index (χ3v) is 9.38. The minimum atomic E-state index is -3.79. The highest BCUT2D eigenvalue weighted by Crippen LogP contribution is 2.42. The molecule has 186 valence electrons. The Bertz CT molecular complexity index is 1220. The fraction of sp³-hybridized carbons (Fsp3) is 0.500. The first-order valence-electron chi connectivity index (χ1n) is 12.0. The van der Waals surface area contributed by atoms with Crippen LogP contribution in [0.4, 0.5) is 5.00 Å².